The highest BCUT2D eigenvalue weighted by Crippen LogP contribution is 2.27. The Hall–Kier alpha value is -0.880. The molecule has 5 nitrogen and oxygen atoms in total. The molecular weight excluding hydrogens is 308 g/mol. The average molecular weight is 329 g/mol. The summed E-state index contributed by atoms with van der Waals surface area (Å²) in [5.74, 6) is 0.481. The molecule has 1 saturated heterocycles. The van der Waals surface area contributed by atoms with E-state index in [-0.39, 0.29) is 11.6 Å². The number of anilines is 1. The summed E-state index contributed by atoms with van der Waals surface area (Å²) in [6.45, 7) is 6.40. The van der Waals surface area contributed by atoms with Crippen LogP contribution in [-0.4, -0.2) is 28.9 Å². The smallest absolute Gasteiger partial charge is 0.283 e. The van der Waals surface area contributed by atoms with Crippen LogP contribution in [-0.2, 0) is 6.54 Å². The largest absolute Gasteiger partial charge is 0.369 e. The lowest BCUT2D eigenvalue weighted by molar-refractivity contribution is 0.364. The molecule has 1 aromatic rings. The van der Waals surface area contributed by atoms with Gasteiger partial charge in [-0.05, 0) is 48.5 Å². The number of hydrogen-bond donors (Lipinski definition) is 1. The fraction of sp³-hybridized carbons (Fsp3) is 0.692. The molecule has 2 unspecified atom stereocenters. The molecule has 19 heavy (non-hydrogen) atoms. The number of nitrogens with two attached hydrogens (primary N) is 1. The molecular formula is C13H21BrN4O. The Kier molecular flexibility index (Phi) is 4.62. The van der Waals surface area contributed by atoms with Crippen molar-refractivity contribution in [3.05, 3.63) is 21.0 Å². The summed E-state index contributed by atoms with van der Waals surface area (Å²) in [6, 6.07) is 0.186. The van der Waals surface area contributed by atoms with Crippen LogP contribution in [0.3, 0.4) is 0 Å². The molecule has 1 fully saturated rings. The standard InChI is InChI=1S/C13H21BrN4O/c1-3-18-13(19)12(14)11(7-16-18)17-6-4-5-10(8-17)9(2)15/h7,9-10H,3-6,8,15H2,1-2H3. The minimum Gasteiger partial charge on any atom is -0.369 e. The lowest BCUT2D eigenvalue weighted by Gasteiger charge is -2.36. The van der Waals surface area contributed by atoms with Gasteiger partial charge >= 0.3 is 0 Å². The summed E-state index contributed by atoms with van der Waals surface area (Å²) >= 11 is 3.42. The summed E-state index contributed by atoms with van der Waals surface area (Å²) in [5, 5.41) is 4.20. The number of hydrogen-bond acceptors (Lipinski definition) is 4. The molecule has 1 aromatic heterocycles. The molecule has 0 radical (unpaired) electrons. The van der Waals surface area contributed by atoms with Gasteiger partial charge in [-0.15, -0.1) is 0 Å². The number of piperidine rings is 1. The van der Waals surface area contributed by atoms with E-state index in [1.165, 1.54) is 4.68 Å². The maximum Gasteiger partial charge on any atom is 0.283 e. The quantitative estimate of drug-likeness (QED) is 0.915. The average Bonchev–Trinajstić information content (AvgIpc) is 2.42. The van der Waals surface area contributed by atoms with Crippen molar-refractivity contribution in [2.75, 3.05) is 18.0 Å². The first-order valence-electron chi connectivity index (χ1n) is 6.80. The predicted molar refractivity (Wildman–Crippen MR) is 80.5 cm³/mol. The monoisotopic (exact) mass is 328 g/mol. The van der Waals surface area contributed by atoms with Crippen molar-refractivity contribution in [2.24, 2.45) is 11.7 Å². The zero-order valence-corrected chi connectivity index (χ0v) is 13.1. The van der Waals surface area contributed by atoms with Crippen LogP contribution in [0, 0.1) is 5.92 Å². The molecule has 2 rings (SSSR count). The summed E-state index contributed by atoms with van der Waals surface area (Å²) in [4.78, 5) is 14.3. The molecule has 2 heterocycles. The number of nitrogens with zero attached hydrogens (tertiary/aromatic N) is 3. The van der Waals surface area contributed by atoms with Gasteiger partial charge in [0.05, 0.1) is 11.9 Å². The van der Waals surface area contributed by atoms with Crippen molar-refractivity contribution in [2.45, 2.75) is 39.3 Å². The number of aromatic nitrogens is 2. The van der Waals surface area contributed by atoms with Crippen LogP contribution >= 0.6 is 15.9 Å². The van der Waals surface area contributed by atoms with Gasteiger partial charge in [0, 0.05) is 25.7 Å². The SMILES string of the molecule is CCn1ncc(N2CCCC(C(C)N)C2)c(Br)c1=O. The van der Waals surface area contributed by atoms with Gasteiger partial charge in [0.2, 0.25) is 0 Å². The Labute approximate surface area is 121 Å². The van der Waals surface area contributed by atoms with Crippen LogP contribution in [0.2, 0.25) is 0 Å². The zero-order chi connectivity index (χ0) is 14.0. The topological polar surface area (TPSA) is 64.2 Å². The second kappa shape index (κ2) is 6.05. The van der Waals surface area contributed by atoms with Gasteiger partial charge in [0.15, 0.2) is 0 Å². The fourth-order valence-corrected chi connectivity index (χ4v) is 3.12. The second-order valence-corrected chi connectivity index (χ2v) is 5.97. The first kappa shape index (κ1) is 14.5. The molecule has 0 bridgehead atoms. The van der Waals surface area contributed by atoms with Crippen LogP contribution in [0.5, 0.6) is 0 Å². The molecule has 0 spiro atoms. The molecule has 0 amide bonds. The Bertz CT molecular complexity index is 500. The normalized spacial score (nSPS) is 21.5. The lowest BCUT2D eigenvalue weighted by Crippen LogP contribution is -2.43. The molecule has 2 atom stereocenters. The van der Waals surface area contributed by atoms with Crippen molar-refractivity contribution in [3.63, 3.8) is 0 Å². The van der Waals surface area contributed by atoms with Gasteiger partial charge in [0.1, 0.15) is 4.47 Å². The highest BCUT2D eigenvalue weighted by atomic mass is 79.9. The third kappa shape index (κ3) is 3.00. The van der Waals surface area contributed by atoms with Gasteiger partial charge in [-0.1, -0.05) is 0 Å². The number of halogens is 1. The fourth-order valence-electron chi connectivity index (χ4n) is 2.56. The Morgan fingerprint density at radius 2 is 2.37 bits per heavy atom. The highest BCUT2D eigenvalue weighted by Gasteiger charge is 2.25. The van der Waals surface area contributed by atoms with E-state index in [1.54, 1.807) is 6.20 Å². The predicted octanol–water partition coefficient (Wildman–Crippen LogP) is 1.59. The maximum absolute atomic E-state index is 12.1. The maximum atomic E-state index is 12.1. The molecule has 0 aliphatic carbocycles. The van der Waals surface area contributed by atoms with Crippen LogP contribution in [0.4, 0.5) is 5.69 Å². The third-order valence-corrected chi connectivity index (χ3v) is 4.55. The van der Waals surface area contributed by atoms with Crippen molar-refractivity contribution in [1.29, 1.82) is 0 Å². The zero-order valence-electron chi connectivity index (χ0n) is 11.5. The summed E-state index contributed by atoms with van der Waals surface area (Å²) in [6.07, 6.45) is 4.04. The molecule has 2 N–H and O–H groups in total. The molecule has 1 aliphatic heterocycles. The molecule has 1 aliphatic rings. The van der Waals surface area contributed by atoms with Crippen molar-refractivity contribution < 1.29 is 0 Å². The van der Waals surface area contributed by atoms with E-state index in [0.29, 0.717) is 16.9 Å². The van der Waals surface area contributed by atoms with E-state index in [2.05, 4.69) is 32.9 Å². The van der Waals surface area contributed by atoms with Crippen LogP contribution in [0.1, 0.15) is 26.7 Å². The summed E-state index contributed by atoms with van der Waals surface area (Å²) < 4.78 is 2.07. The number of rotatable bonds is 3. The molecule has 0 saturated carbocycles. The Morgan fingerprint density at radius 3 is 3.00 bits per heavy atom. The number of aryl methyl sites for hydroxylation is 1. The van der Waals surface area contributed by atoms with E-state index in [4.69, 9.17) is 5.73 Å². The Balaban J connectivity index is 2.27. The van der Waals surface area contributed by atoms with Gasteiger partial charge in [-0.25, -0.2) is 4.68 Å². The van der Waals surface area contributed by atoms with Crippen LogP contribution < -0.4 is 16.2 Å². The van der Waals surface area contributed by atoms with Crippen LogP contribution in [0.25, 0.3) is 0 Å². The van der Waals surface area contributed by atoms with E-state index in [0.717, 1.165) is 31.6 Å². The van der Waals surface area contributed by atoms with Gasteiger partial charge in [-0.2, -0.15) is 5.10 Å². The highest BCUT2D eigenvalue weighted by molar-refractivity contribution is 9.10. The van der Waals surface area contributed by atoms with Gasteiger partial charge in [-0.3, -0.25) is 4.79 Å². The van der Waals surface area contributed by atoms with Crippen molar-refractivity contribution >= 4 is 21.6 Å². The lowest BCUT2D eigenvalue weighted by atomic mass is 9.92. The third-order valence-electron chi connectivity index (χ3n) is 3.81. The summed E-state index contributed by atoms with van der Waals surface area (Å²) in [5.41, 5.74) is 6.82. The second-order valence-electron chi connectivity index (χ2n) is 5.17. The van der Waals surface area contributed by atoms with Gasteiger partial charge < -0.3 is 10.6 Å². The molecule has 6 heteroatoms. The minimum absolute atomic E-state index is 0.0667. The van der Waals surface area contributed by atoms with E-state index in [9.17, 15) is 4.79 Å². The van der Waals surface area contributed by atoms with E-state index in [1.807, 2.05) is 6.92 Å². The van der Waals surface area contributed by atoms with E-state index < -0.39 is 0 Å². The molecule has 106 valence electrons. The van der Waals surface area contributed by atoms with Crippen LogP contribution in [0.15, 0.2) is 15.5 Å². The molecule has 0 aromatic carbocycles. The van der Waals surface area contributed by atoms with Gasteiger partial charge in [0.25, 0.3) is 5.56 Å². The summed E-state index contributed by atoms with van der Waals surface area (Å²) in [7, 11) is 0. The Morgan fingerprint density at radius 1 is 1.63 bits per heavy atom. The first-order valence-corrected chi connectivity index (χ1v) is 7.60. The minimum atomic E-state index is -0.0667. The van der Waals surface area contributed by atoms with Crippen molar-refractivity contribution in [3.8, 4) is 0 Å². The first-order chi connectivity index (χ1) is 9.04. The van der Waals surface area contributed by atoms with Crippen molar-refractivity contribution in [1.82, 2.24) is 9.78 Å². The van der Waals surface area contributed by atoms with E-state index >= 15 is 0 Å².